The van der Waals surface area contributed by atoms with Crippen LogP contribution in [0.5, 0.6) is 0 Å². The smallest absolute Gasteiger partial charge is 0.240 e. The number of hydrogen-bond acceptors (Lipinski definition) is 2. The summed E-state index contributed by atoms with van der Waals surface area (Å²) in [5.74, 6) is 1.50. The summed E-state index contributed by atoms with van der Waals surface area (Å²) in [7, 11) is 0. The van der Waals surface area contributed by atoms with Gasteiger partial charge in [-0.15, -0.1) is 0 Å². The second-order valence-corrected chi connectivity index (χ2v) is 1.43. The lowest BCUT2D eigenvalue weighted by Crippen LogP contribution is -1.82. The Kier molecular flexibility index (Phi) is 3.81. The van der Waals surface area contributed by atoms with E-state index in [0.29, 0.717) is 6.42 Å². The van der Waals surface area contributed by atoms with Crippen LogP contribution in [-0.2, 0) is 9.59 Å². The van der Waals surface area contributed by atoms with Gasteiger partial charge in [0, 0.05) is 0 Å². The fraction of sp³-hybridized carbons (Fsp3) is 0.500. The van der Waals surface area contributed by atoms with Crippen LogP contribution in [-0.4, -0.2) is 12.2 Å². The average Bonchev–Trinajstić information content (AvgIpc) is 1.83. The van der Waals surface area contributed by atoms with E-state index in [2.05, 4.69) is 0 Å². The monoisotopic (exact) mass is 111 g/mol. The van der Waals surface area contributed by atoms with Crippen LogP contribution in [0.2, 0.25) is 0 Å². The minimum atomic E-state index is 0.104. The van der Waals surface area contributed by atoms with Gasteiger partial charge in [0.15, 0.2) is 0 Å². The van der Waals surface area contributed by atoms with Gasteiger partial charge in [-0.05, 0) is 6.42 Å². The van der Waals surface area contributed by atoms with Gasteiger partial charge in [-0.3, -0.25) is 4.79 Å². The van der Waals surface area contributed by atoms with Gasteiger partial charge >= 0.3 is 0 Å². The minimum Gasteiger partial charge on any atom is -0.284 e. The van der Waals surface area contributed by atoms with Crippen LogP contribution in [0.3, 0.4) is 0 Å². The zero-order valence-corrected chi connectivity index (χ0v) is 4.73. The first-order valence-electron chi connectivity index (χ1n) is 2.47. The van der Waals surface area contributed by atoms with Crippen molar-refractivity contribution in [2.75, 3.05) is 0 Å². The van der Waals surface area contributed by atoms with Crippen LogP contribution in [0.15, 0.2) is 5.57 Å². The fourth-order valence-electron chi connectivity index (χ4n) is 0.373. The molecular weight excluding hydrogens is 104 g/mol. The maximum Gasteiger partial charge on any atom is 0.240 e. The summed E-state index contributed by atoms with van der Waals surface area (Å²) in [5.41, 5.74) is 0.104. The molecule has 0 bridgehead atoms. The number of rotatable bonds is 3. The number of carbonyl (C=O) groups excluding carboxylic acids is 2. The van der Waals surface area contributed by atoms with Crippen molar-refractivity contribution in [3.63, 3.8) is 0 Å². The van der Waals surface area contributed by atoms with Gasteiger partial charge in [0.05, 0.1) is 5.57 Å². The highest BCUT2D eigenvalue weighted by Gasteiger charge is 1.91. The molecule has 0 atom stereocenters. The lowest BCUT2D eigenvalue weighted by Gasteiger charge is -1.82. The summed E-state index contributed by atoms with van der Waals surface area (Å²) < 4.78 is 0. The first-order valence-corrected chi connectivity index (χ1v) is 2.47. The lowest BCUT2D eigenvalue weighted by molar-refractivity contribution is 0.554. The van der Waals surface area contributed by atoms with Crippen molar-refractivity contribution in [1.82, 2.24) is 0 Å². The normalized spacial score (nSPS) is 7.62. The van der Waals surface area contributed by atoms with Crippen molar-refractivity contribution < 1.29 is 9.59 Å². The maximum atomic E-state index is 9.70. The van der Waals surface area contributed by atoms with Crippen molar-refractivity contribution in [3.05, 3.63) is 5.57 Å². The molecule has 0 N–H and O–H groups in total. The van der Waals surface area contributed by atoms with Gasteiger partial charge in [0.2, 0.25) is 6.29 Å². The Bertz CT molecular complexity index is 120. The van der Waals surface area contributed by atoms with Crippen molar-refractivity contribution in [1.29, 1.82) is 0 Å². The van der Waals surface area contributed by atoms with Crippen LogP contribution in [0.25, 0.3) is 0 Å². The molecule has 0 saturated carbocycles. The SMILES string of the molecule is CCCC([C]=O)=C=O. The highest BCUT2D eigenvalue weighted by molar-refractivity contribution is 5.85. The Morgan fingerprint density at radius 1 is 1.50 bits per heavy atom. The molecule has 0 heterocycles. The third-order valence-corrected chi connectivity index (χ3v) is 0.746. The van der Waals surface area contributed by atoms with E-state index in [0.717, 1.165) is 6.42 Å². The van der Waals surface area contributed by atoms with Crippen LogP contribution in [0.1, 0.15) is 19.8 Å². The highest BCUT2D eigenvalue weighted by atomic mass is 16.1. The van der Waals surface area contributed by atoms with Gasteiger partial charge in [-0.2, -0.15) is 0 Å². The van der Waals surface area contributed by atoms with Crippen molar-refractivity contribution in [3.8, 4) is 0 Å². The Labute approximate surface area is 48.2 Å². The number of hydrogen-bond donors (Lipinski definition) is 0. The highest BCUT2D eigenvalue weighted by Crippen LogP contribution is 1.94. The summed E-state index contributed by atoms with van der Waals surface area (Å²) in [6, 6.07) is 0. The quantitative estimate of drug-likeness (QED) is 0.396. The molecule has 43 valence electrons. The summed E-state index contributed by atoms with van der Waals surface area (Å²) in [5, 5.41) is 0. The van der Waals surface area contributed by atoms with Crippen LogP contribution in [0, 0.1) is 0 Å². The molecule has 0 fully saturated rings. The third kappa shape index (κ3) is 2.32. The van der Waals surface area contributed by atoms with Gasteiger partial charge < -0.3 is 0 Å². The van der Waals surface area contributed by atoms with Crippen molar-refractivity contribution >= 4 is 12.2 Å². The molecule has 0 spiro atoms. The Morgan fingerprint density at radius 3 is 2.25 bits per heavy atom. The predicted molar refractivity (Wildman–Crippen MR) is 29.8 cm³/mol. The molecule has 0 aromatic rings. The molecule has 0 amide bonds. The maximum absolute atomic E-state index is 9.70. The average molecular weight is 111 g/mol. The molecular formula is C6H7O2. The summed E-state index contributed by atoms with van der Waals surface area (Å²) >= 11 is 0. The lowest BCUT2D eigenvalue weighted by atomic mass is 10.2. The molecule has 0 aliphatic rings. The van der Waals surface area contributed by atoms with Gasteiger partial charge in [-0.25, -0.2) is 4.79 Å². The molecule has 2 nitrogen and oxygen atoms in total. The van der Waals surface area contributed by atoms with Gasteiger partial charge in [0.1, 0.15) is 5.94 Å². The van der Waals surface area contributed by atoms with E-state index in [1.165, 1.54) is 12.2 Å². The van der Waals surface area contributed by atoms with E-state index in [-0.39, 0.29) is 5.57 Å². The zero-order valence-electron chi connectivity index (χ0n) is 4.73. The van der Waals surface area contributed by atoms with Gasteiger partial charge in [-0.1, -0.05) is 13.3 Å². The van der Waals surface area contributed by atoms with Crippen LogP contribution < -0.4 is 0 Å². The van der Waals surface area contributed by atoms with E-state index >= 15 is 0 Å². The largest absolute Gasteiger partial charge is 0.284 e. The Balaban J connectivity index is 3.72. The fourth-order valence-corrected chi connectivity index (χ4v) is 0.373. The molecule has 0 aromatic heterocycles. The summed E-state index contributed by atoms with van der Waals surface area (Å²) in [4.78, 5) is 19.4. The molecule has 0 aliphatic heterocycles. The predicted octanol–water partition coefficient (Wildman–Crippen LogP) is 0.654. The Morgan fingerprint density at radius 2 is 2.12 bits per heavy atom. The van der Waals surface area contributed by atoms with Crippen LogP contribution >= 0.6 is 0 Å². The standard InChI is InChI=1S/C6H7O2/c1-2-3-6(4-7)5-8/h2-3H2,1H3. The molecule has 0 aliphatic carbocycles. The Hall–Kier alpha value is -0.880. The summed E-state index contributed by atoms with van der Waals surface area (Å²) in [6.07, 6.45) is 2.78. The van der Waals surface area contributed by atoms with E-state index in [1.54, 1.807) is 0 Å². The first-order chi connectivity index (χ1) is 3.85. The first kappa shape index (κ1) is 7.12. The second-order valence-electron chi connectivity index (χ2n) is 1.43. The van der Waals surface area contributed by atoms with Crippen LogP contribution in [0.4, 0.5) is 0 Å². The molecule has 0 unspecified atom stereocenters. The third-order valence-electron chi connectivity index (χ3n) is 0.746. The molecule has 1 radical (unpaired) electrons. The van der Waals surface area contributed by atoms with E-state index < -0.39 is 0 Å². The molecule has 0 aromatic carbocycles. The van der Waals surface area contributed by atoms with E-state index in [1.807, 2.05) is 6.92 Å². The van der Waals surface area contributed by atoms with Crippen molar-refractivity contribution in [2.24, 2.45) is 0 Å². The molecule has 2 heteroatoms. The molecule has 8 heavy (non-hydrogen) atoms. The topological polar surface area (TPSA) is 34.1 Å². The second kappa shape index (κ2) is 4.28. The minimum absolute atomic E-state index is 0.104. The zero-order chi connectivity index (χ0) is 6.41. The molecule has 0 saturated heterocycles. The van der Waals surface area contributed by atoms with Crippen molar-refractivity contribution in [2.45, 2.75) is 19.8 Å². The van der Waals surface area contributed by atoms with E-state index in [4.69, 9.17) is 0 Å². The number of allylic oxidation sites excluding steroid dienone is 1. The van der Waals surface area contributed by atoms with E-state index in [9.17, 15) is 9.59 Å². The summed E-state index contributed by atoms with van der Waals surface area (Å²) in [6.45, 7) is 1.88. The molecule has 0 rings (SSSR count). The van der Waals surface area contributed by atoms with Gasteiger partial charge in [0.25, 0.3) is 0 Å².